The maximum atomic E-state index is 13.7. The molecule has 0 aromatic heterocycles. The summed E-state index contributed by atoms with van der Waals surface area (Å²) in [6.45, 7) is 5.76. The number of nitriles is 1. The molecule has 1 atom stereocenters. The second-order valence-electron chi connectivity index (χ2n) is 4.82. The molecule has 1 aliphatic heterocycles. The van der Waals surface area contributed by atoms with E-state index in [1.165, 1.54) is 6.07 Å². The Kier molecular flexibility index (Phi) is 4.76. The number of halogens is 2. The van der Waals surface area contributed by atoms with Crippen LogP contribution in [-0.2, 0) is 6.54 Å². The molecule has 1 saturated heterocycles. The van der Waals surface area contributed by atoms with E-state index in [1.54, 1.807) is 12.1 Å². The van der Waals surface area contributed by atoms with Crippen molar-refractivity contribution in [2.24, 2.45) is 0 Å². The van der Waals surface area contributed by atoms with Crippen LogP contribution in [0.5, 0.6) is 0 Å². The van der Waals surface area contributed by atoms with Gasteiger partial charge in [0.1, 0.15) is 5.82 Å². The molecule has 102 valence electrons. The average molecular weight is 282 g/mol. The second-order valence-corrected chi connectivity index (χ2v) is 5.22. The van der Waals surface area contributed by atoms with E-state index in [4.69, 9.17) is 16.9 Å². The highest BCUT2D eigenvalue weighted by Gasteiger charge is 2.22. The lowest BCUT2D eigenvalue weighted by molar-refractivity contribution is 0.113. The molecule has 1 heterocycles. The zero-order chi connectivity index (χ0) is 13.8. The third kappa shape index (κ3) is 3.44. The van der Waals surface area contributed by atoms with Crippen molar-refractivity contribution in [3.63, 3.8) is 0 Å². The van der Waals surface area contributed by atoms with Gasteiger partial charge >= 0.3 is 0 Å². The number of hydrogen-bond acceptors (Lipinski definition) is 3. The molecular formula is C14H17ClFN3. The zero-order valence-corrected chi connectivity index (χ0v) is 11.7. The van der Waals surface area contributed by atoms with Gasteiger partial charge in [-0.1, -0.05) is 17.7 Å². The maximum absolute atomic E-state index is 13.7. The summed E-state index contributed by atoms with van der Waals surface area (Å²) in [6, 6.07) is 6.96. The van der Waals surface area contributed by atoms with Crippen LogP contribution in [0.4, 0.5) is 4.39 Å². The number of benzene rings is 1. The molecule has 0 N–H and O–H groups in total. The van der Waals surface area contributed by atoms with Crippen molar-refractivity contribution >= 4 is 11.6 Å². The van der Waals surface area contributed by atoms with Crippen LogP contribution in [0.1, 0.15) is 12.5 Å². The van der Waals surface area contributed by atoms with Crippen molar-refractivity contribution in [1.29, 1.82) is 5.26 Å². The van der Waals surface area contributed by atoms with Crippen LogP contribution in [0.25, 0.3) is 0 Å². The summed E-state index contributed by atoms with van der Waals surface area (Å²) in [5.74, 6) is -0.250. The van der Waals surface area contributed by atoms with Crippen LogP contribution in [0.2, 0.25) is 5.02 Å². The Labute approximate surface area is 118 Å². The predicted molar refractivity (Wildman–Crippen MR) is 73.3 cm³/mol. The molecule has 0 amide bonds. The summed E-state index contributed by atoms with van der Waals surface area (Å²) in [7, 11) is 0. The van der Waals surface area contributed by atoms with Crippen LogP contribution >= 0.6 is 11.6 Å². The highest BCUT2D eigenvalue weighted by molar-refractivity contribution is 6.31. The van der Waals surface area contributed by atoms with Gasteiger partial charge in [0.2, 0.25) is 0 Å². The average Bonchev–Trinajstić information content (AvgIpc) is 2.43. The molecular weight excluding hydrogens is 265 g/mol. The van der Waals surface area contributed by atoms with E-state index in [-0.39, 0.29) is 11.9 Å². The summed E-state index contributed by atoms with van der Waals surface area (Å²) in [5.41, 5.74) is 0.561. The molecule has 5 heteroatoms. The molecule has 1 aromatic rings. The van der Waals surface area contributed by atoms with Gasteiger partial charge in [-0.25, -0.2) is 4.39 Å². The largest absolute Gasteiger partial charge is 0.296 e. The third-order valence-corrected chi connectivity index (χ3v) is 3.94. The number of nitrogens with zero attached hydrogens (tertiary/aromatic N) is 3. The molecule has 1 aromatic carbocycles. The number of piperazine rings is 1. The Morgan fingerprint density at radius 3 is 2.63 bits per heavy atom. The van der Waals surface area contributed by atoms with Crippen LogP contribution in [0.15, 0.2) is 18.2 Å². The van der Waals surface area contributed by atoms with Gasteiger partial charge in [-0.2, -0.15) is 5.26 Å². The van der Waals surface area contributed by atoms with Crippen LogP contribution in [0.3, 0.4) is 0 Å². The normalized spacial score (nSPS) is 19.1. The van der Waals surface area contributed by atoms with Crippen molar-refractivity contribution in [2.45, 2.75) is 19.5 Å². The summed E-state index contributed by atoms with van der Waals surface area (Å²) in [5, 5.41) is 9.37. The first-order chi connectivity index (χ1) is 9.11. The molecule has 19 heavy (non-hydrogen) atoms. The van der Waals surface area contributed by atoms with Crippen LogP contribution in [-0.4, -0.2) is 42.0 Å². The molecule has 1 fully saturated rings. The highest BCUT2D eigenvalue weighted by Crippen LogP contribution is 2.21. The highest BCUT2D eigenvalue weighted by atomic mass is 35.5. The molecule has 1 unspecified atom stereocenters. The van der Waals surface area contributed by atoms with Gasteiger partial charge in [0.25, 0.3) is 0 Å². The van der Waals surface area contributed by atoms with Gasteiger partial charge in [-0.05, 0) is 19.1 Å². The molecule has 0 radical (unpaired) electrons. The fourth-order valence-electron chi connectivity index (χ4n) is 2.30. The Morgan fingerprint density at radius 1 is 1.37 bits per heavy atom. The molecule has 0 aliphatic carbocycles. The lowest BCUT2D eigenvalue weighted by Gasteiger charge is -2.36. The first-order valence-corrected chi connectivity index (χ1v) is 6.78. The fourth-order valence-corrected chi connectivity index (χ4v) is 2.52. The zero-order valence-electron chi connectivity index (χ0n) is 10.9. The SMILES string of the molecule is CC(C#N)N1CCN(Cc2c(F)cccc2Cl)CC1. The lowest BCUT2D eigenvalue weighted by Crippen LogP contribution is -2.48. The quantitative estimate of drug-likeness (QED) is 0.853. The second kappa shape index (κ2) is 6.33. The molecule has 1 aliphatic rings. The first-order valence-electron chi connectivity index (χ1n) is 6.40. The molecule has 2 rings (SSSR count). The van der Waals surface area contributed by atoms with E-state index in [9.17, 15) is 4.39 Å². The molecule has 3 nitrogen and oxygen atoms in total. The topological polar surface area (TPSA) is 30.3 Å². The Morgan fingerprint density at radius 2 is 2.05 bits per heavy atom. The number of rotatable bonds is 3. The predicted octanol–water partition coefficient (Wildman–Crippen LogP) is 2.51. The van der Waals surface area contributed by atoms with Gasteiger partial charge in [-0.3, -0.25) is 9.80 Å². The van der Waals surface area contributed by atoms with Gasteiger partial charge in [0.15, 0.2) is 0 Å². The van der Waals surface area contributed by atoms with Gasteiger partial charge in [0, 0.05) is 43.3 Å². The molecule has 0 spiro atoms. The summed E-state index contributed by atoms with van der Waals surface area (Å²) in [4.78, 5) is 4.31. The van der Waals surface area contributed by atoms with Crippen molar-refractivity contribution in [3.8, 4) is 6.07 Å². The van der Waals surface area contributed by atoms with Crippen LogP contribution in [0, 0.1) is 17.1 Å². The van der Waals surface area contributed by atoms with Crippen LogP contribution < -0.4 is 0 Å². The Balaban J connectivity index is 1.95. The minimum Gasteiger partial charge on any atom is -0.296 e. The number of hydrogen-bond donors (Lipinski definition) is 0. The lowest BCUT2D eigenvalue weighted by atomic mass is 10.1. The molecule has 0 bridgehead atoms. The fraction of sp³-hybridized carbons (Fsp3) is 0.500. The van der Waals surface area contributed by atoms with Gasteiger partial charge in [0.05, 0.1) is 12.1 Å². The van der Waals surface area contributed by atoms with Crippen molar-refractivity contribution in [1.82, 2.24) is 9.80 Å². The minimum absolute atomic E-state index is 0.0563. The van der Waals surface area contributed by atoms with Gasteiger partial charge in [-0.15, -0.1) is 0 Å². The minimum atomic E-state index is -0.250. The first kappa shape index (κ1) is 14.3. The van der Waals surface area contributed by atoms with Crippen molar-refractivity contribution in [3.05, 3.63) is 34.6 Å². The summed E-state index contributed by atoms with van der Waals surface area (Å²) >= 11 is 6.03. The van der Waals surface area contributed by atoms with Gasteiger partial charge < -0.3 is 0 Å². The Bertz CT molecular complexity index is 458. The third-order valence-electron chi connectivity index (χ3n) is 3.58. The van der Waals surface area contributed by atoms with Crippen molar-refractivity contribution in [2.75, 3.05) is 26.2 Å². The Hall–Kier alpha value is -1.15. The molecule has 0 saturated carbocycles. The summed E-state index contributed by atoms with van der Waals surface area (Å²) in [6.07, 6.45) is 0. The van der Waals surface area contributed by atoms with E-state index in [1.807, 2.05) is 6.92 Å². The monoisotopic (exact) mass is 281 g/mol. The van der Waals surface area contributed by atoms with E-state index in [0.717, 1.165) is 26.2 Å². The van der Waals surface area contributed by atoms with E-state index >= 15 is 0 Å². The standard InChI is InChI=1S/C14H17ClFN3/c1-11(9-17)19-7-5-18(6-8-19)10-12-13(15)3-2-4-14(12)16/h2-4,11H,5-8,10H2,1H3. The maximum Gasteiger partial charge on any atom is 0.129 e. The van der Waals surface area contributed by atoms with E-state index < -0.39 is 0 Å². The van der Waals surface area contributed by atoms with Crippen molar-refractivity contribution < 1.29 is 4.39 Å². The van der Waals surface area contributed by atoms with E-state index in [0.29, 0.717) is 17.1 Å². The van der Waals surface area contributed by atoms with E-state index in [2.05, 4.69) is 15.9 Å². The summed E-state index contributed by atoms with van der Waals surface area (Å²) < 4.78 is 13.7. The smallest absolute Gasteiger partial charge is 0.129 e.